The van der Waals surface area contributed by atoms with E-state index < -0.39 is 14.9 Å². The molecule has 0 bridgehead atoms. The minimum atomic E-state index is -3.89. The van der Waals surface area contributed by atoms with Gasteiger partial charge in [0.1, 0.15) is 4.90 Å². The summed E-state index contributed by atoms with van der Waals surface area (Å²) in [6.07, 6.45) is 2.33. The van der Waals surface area contributed by atoms with E-state index in [4.69, 9.17) is 0 Å². The van der Waals surface area contributed by atoms with Crippen molar-refractivity contribution < 1.29 is 18.1 Å². The number of carbonyl (C=O) groups excluding carboxylic acids is 1. The van der Waals surface area contributed by atoms with E-state index in [2.05, 4.69) is 5.32 Å². The molecule has 2 aromatic rings. The molecule has 0 atom stereocenters. The van der Waals surface area contributed by atoms with Gasteiger partial charge in [0.2, 0.25) is 15.9 Å². The van der Waals surface area contributed by atoms with Gasteiger partial charge < -0.3 is 10.2 Å². The minimum absolute atomic E-state index is 0.0835. The van der Waals surface area contributed by atoms with Gasteiger partial charge in [-0.3, -0.25) is 14.9 Å². The number of nitro benzene ring substituents is 1. The van der Waals surface area contributed by atoms with Gasteiger partial charge in [0, 0.05) is 43.2 Å². The first kappa shape index (κ1) is 20.8. The molecule has 160 valence electrons. The van der Waals surface area contributed by atoms with Crippen LogP contribution in [0.1, 0.15) is 23.3 Å². The molecular formula is C19H22N4O5S2. The Bertz CT molecular complexity index is 1080. The summed E-state index contributed by atoms with van der Waals surface area (Å²) in [7, 11) is -3.89. The molecule has 0 saturated carbocycles. The number of anilines is 1. The molecule has 3 heterocycles. The first-order valence-electron chi connectivity index (χ1n) is 9.72. The third-order valence-electron chi connectivity index (χ3n) is 5.45. The van der Waals surface area contributed by atoms with E-state index in [0.29, 0.717) is 26.2 Å². The van der Waals surface area contributed by atoms with Crippen LogP contribution in [0.3, 0.4) is 0 Å². The molecule has 2 aliphatic heterocycles. The highest BCUT2D eigenvalue weighted by atomic mass is 32.2. The molecular weight excluding hydrogens is 428 g/mol. The number of fused-ring (bicyclic) bond motifs is 1. The Morgan fingerprint density at radius 3 is 2.70 bits per heavy atom. The van der Waals surface area contributed by atoms with Gasteiger partial charge in [0.15, 0.2) is 0 Å². The van der Waals surface area contributed by atoms with Gasteiger partial charge in [0.05, 0.1) is 17.2 Å². The maximum absolute atomic E-state index is 13.1. The van der Waals surface area contributed by atoms with Crippen LogP contribution >= 0.6 is 11.3 Å². The lowest BCUT2D eigenvalue weighted by Crippen LogP contribution is -2.39. The standard InChI is InChI=1S/C19H22N4O5S2/c24-19(21-9-5-17-14(13-21)6-10-29-17)12-20-16-4-3-15(23(25)26)11-18(16)30(27,28)22-7-1-2-8-22/h3-4,6,10-11,20H,1-2,5,7-9,12-13H2. The molecule has 1 fully saturated rings. The minimum Gasteiger partial charge on any atom is -0.375 e. The van der Waals surface area contributed by atoms with Gasteiger partial charge in [-0.15, -0.1) is 11.3 Å². The summed E-state index contributed by atoms with van der Waals surface area (Å²) >= 11 is 1.69. The second-order valence-electron chi connectivity index (χ2n) is 7.34. The number of non-ortho nitro benzene ring substituents is 1. The predicted molar refractivity (Wildman–Crippen MR) is 113 cm³/mol. The fourth-order valence-corrected chi connectivity index (χ4v) is 6.39. The van der Waals surface area contributed by atoms with Crippen molar-refractivity contribution in [1.82, 2.24) is 9.21 Å². The third-order valence-corrected chi connectivity index (χ3v) is 8.41. The maximum atomic E-state index is 13.1. The molecule has 1 N–H and O–H groups in total. The SMILES string of the molecule is O=C(CNc1ccc([N+](=O)[O-])cc1S(=O)(=O)N1CCCC1)N1CCc2sccc2C1. The number of thiophene rings is 1. The van der Waals surface area contributed by atoms with Crippen molar-refractivity contribution in [3.63, 3.8) is 0 Å². The number of carbonyl (C=O) groups is 1. The van der Waals surface area contributed by atoms with Crippen LogP contribution in [0.5, 0.6) is 0 Å². The molecule has 2 aliphatic rings. The molecule has 9 nitrogen and oxygen atoms in total. The van der Waals surface area contributed by atoms with Gasteiger partial charge in [-0.05, 0) is 42.3 Å². The van der Waals surface area contributed by atoms with Crippen LogP contribution < -0.4 is 5.32 Å². The van der Waals surface area contributed by atoms with Crippen LogP contribution in [0.15, 0.2) is 34.5 Å². The second-order valence-corrected chi connectivity index (χ2v) is 10.2. The van der Waals surface area contributed by atoms with Crippen LogP contribution in [-0.2, 0) is 27.8 Å². The van der Waals surface area contributed by atoms with E-state index in [1.54, 1.807) is 16.2 Å². The Balaban J connectivity index is 1.53. The fourth-order valence-electron chi connectivity index (χ4n) is 3.80. The molecule has 4 rings (SSSR count). The number of hydrogen-bond acceptors (Lipinski definition) is 7. The lowest BCUT2D eigenvalue weighted by Gasteiger charge is -2.27. The topological polar surface area (TPSA) is 113 Å². The molecule has 30 heavy (non-hydrogen) atoms. The number of hydrogen-bond donors (Lipinski definition) is 1. The van der Waals surface area contributed by atoms with Crippen LogP contribution in [0.4, 0.5) is 11.4 Å². The molecule has 1 aromatic carbocycles. The second kappa shape index (κ2) is 8.32. The number of sulfonamides is 1. The highest BCUT2D eigenvalue weighted by Gasteiger charge is 2.31. The molecule has 1 aromatic heterocycles. The zero-order valence-corrected chi connectivity index (χ0v) is 17.9. The lowest BCUT2D eigenvalue weighted by atomic mass is 10.1. The van der Waals surface area contributed by atoms with Crippen LogP contribution in [0.25, 0.3) is 0 Å². The summed E-state index contributed by atoms with van der Waals surface area (Å²) < 4.78 is 27.4. The van der Waals surface area contributed by atoms with E-state index >= 15 is 0 Å². The Morgan fingerprint density at radius 1 is 1.20 bits per heavy atom. The Morgan fingerprint density at radius 2 is 1.97 bits per heavy atom. The van der Waals surface area contributed by atoms with E-state index in [1.165, 1.54) is 21.3 Å². The molecule has 0 radical (unpaired) electrons. The normalized spacial score (nSPS) is 17.0. The molecule has 11 heteroatoms. The van der Waals surface area contributed by atoms with Crippen molar-refractivity contribution in [2.24, 2.45) is 0 Å². The molecule has 0 unspecified atom stereocenters. The number of benzene rings is 1. The van der Waals surface area contributed by atoms with Crippen molar-refractivity contribution >= 4 is 38.6 Å². The number of nitrogens with one attached hydrogen (secondary N) is 1. The largest absolute Gasteiger partial charge is 0.375 e. The van der Waals surface area contributed by atoms with E-state index in [1.807, 2.05) is 11.4 Å². The van der Waals surface area contributed by atoms with E-state index in [-0.39, 0.29) is 28.7 Å². The fraction of sp³-hybridized carbons (Fsp3) is 0.421. The summed E-state index contributed by atoms with van der Waals surface area (Å²) in [6.45, 7) is 1.85. The van der Waals surface area contributed by atoms with Crippen molar-refractivity contribution in [2.45, 2.75) is 30.7 Å². The first-order chi connectivity index (χ1) is 14.4. The van der Waals surface area contributed by atoms with Gasteiger partial charge >= 0.3 is 0 Å². The first-order valence-corrected chi connectivity index (χ1v) is 12.0. The molecule has 0 spiro atoms. The molecule has 1 amide bonds. The molecule has 0 aliphatic carbocycles. The van der Waals surface area contributed by atoms with Gasteiger partial charge in [-0.25, -0.2) is 8.42 Å². The van der Waals surface area contributed by atoms with Crippen molar-refractivity contribution in [3.05, 3.63) is 50.2 Å². The Hall–Kier alpha value is -2.50. The molecule has 1 saturated heterocycles. The Kier molecular flexibility index (Phi) is 5.76. The van der Waals surface area contributed by atoms with E-state index in [9.17, 15) is 23.3 Å². The quantitative estimate of drug-likeness (QED) is 0.534. The average molecular weight is 451 g/mol. The maximum Gasteiger partial charge on any atom is 0.270 e. The summed E-state index contributed by atoms with van der Waals surface area (Å²) in [6, 6.07) is 5.69. The van der Waals surface area contributed by atoms with Gasteiger partial charge in [0.25, 0.3) is 5.69 Å². The monoisotopic (exact) mass is 450 g/mol. The number of amides is 1. The third kappa shape index (κ3) is 4.05. The summed E-state index contributed by atoms with van der Waals surface area (Å²) in [5.74, 6) is -0.144. The average Bonchev–Trinajstić information content (AvgIpc) is 3.43. The number of nitrogens with zero attached hydrogens (tertiary/aromatic N) is 3. The van der Waals surface area contributed by atoms with Crippen molar-refractivity contribution in [2.75, 3.05) is 31.5 Å². The summed E-state index contributed by atoms with van der Waals surface area (Å²) in [5.41, 5.74) is 1.05. The zero-order chi connectivity index (χ0) is 21.3. The lowest BCUT2D eigenvalue weighted by molar-refractivity contribution is -0.385. The highest BCUT2D eigenvalue weighted by Crippen LogP contribution is 2.31. The van der Waals surface area contributed by atoms with E-state index in [0.717, 1.165) is 30.9 Å². The smallest absolute Gasteiger partial charge is 0.270 e. The predicted octanol–water partition coefficient (Wildman–Crippen LogP) is 2.44. The zero-order valence-electron chi connectivity index (χ0n) is 16.2. The van der Waals surface area contributed by atoms with Crippen LogP contribution in [0.2, 0.25) is 0 Å². The Labute approximate surface area is 178 Å². The number of rotatable bonds is 6. The van der Waals surface area contributed by atoms with Gasteiger partial charge in [-0.2, -0.15) is 4.31 Å². The van der Waals surface area contributed by atoms with Gasteiger partial charge in [-0.1, -0.05) is 0 Å². The number of nitro groups is 1. The van der Waals surface area contributed by atoms with Crippen LogP contribution in [-0.4, -0.2) is 54.6 Å². The highest BCUT2D eigenvalue weighted by molar-refractivity contribution is 7.89. The summed E-state index contributed by atoms with van der Waals surface area (Å²) in [5, 5.41) is 16.1. The van der Waals surface area contributed by atoms with Crippen molar-refractivity contribution in [1.29, 1.82) is 0 Å². The summed E-state index contributed by atoms with van der Waals surface area (Å²) in [4.78, 5) is 26.1. The van der Waals surface area contributed by atoms with Crippen LogP contribution in [0, 0.1) is 10.1 Å². The van der Waals surface area contributed by atoms with Crippen molar-refractivity contribution in [3.8, 4) is 0 Å².